The summed E-state index contributed by atoms with van der Waals surface area (Å²) in [6, 6.07) is 0. The predicted molar refractivity (Wildman–Crippen MR) is 125 cm³/mol. The summed E-state index contributed by atoms with van der Waals surface area (Å²) < 4.78 is 0.793. The van der Waals surface area contributed by atoms with E-state index < -0.39 is 0 Å². The van der Waals surface area contributed by atoms with Crippen molar-refractivity contribution in [2.75, 3.05) is 0 Å². The maximum atomic E-state index is 10.4. The molecule has 29 heavy (non-hydrogen) atoms. The van der Waals surface area contributed by atoms with Gasteiger partial charge in [-0.15, -0.1) is 0 Å². The Labute approximate surface area is 196 Å². The van der Waals surface area contributed by atoms with Crippen molar-refractivity contribution < 1.29 is 5.11 Å². The van der Waals surface area contributed by atoms with Gasteiger partial charge in [0.1, 0.15) is 0 Å². The summed E-state index contributed by atoms with van der Waals surface area (Å²) in [5, 5.41) is 10.4. The van der Waals surface area contributed by atoms with Crippen molar-refractivity contribution in [1.29, 1.82) is 0 Å². The van der Waals surface area contributed by atoms with Crippen molar-refractivity contribution in [2.45, 2.75) is 108 Å². The van der Waals surface area contributed by atoms with Crippen LogP contribution >= 0.6 is 0 Å². The molecule has 0 aliphatic heterocycles. The third-order valence-electron chi connectivity index (χ3n) is 10.5. The van der Waals surface area contributed by atoms with Crippen LogP contribution < -0.4 is 0 Å². The molecule has 4 aliphatic rings. The summed E-state index contributed by atoms with van der Waals surface area (Å²) in [5.74, 6) is 5.50. The van der Waals surface area contributed by atoms with Gasteiger partial charge in [-0.3, -0.25) is 0 Å². The Bertz CT molecular complexity index is 626. The van der Waals surface area contributed by atoms with Crippen LogP contribution in [0, 0.1) is 46.3 Å². The minimum atomic E-state index is -0.0581. The van der Waals surface area contributed by atoms with Crippen molar-refractivity contribution in [1.82, 2.24) is 0 Å². The molecule has 4 rings (SSSR count). The first-order valence-electron chi connectivity index (χ1n) is 12.8. The molecule has 4 aliphatic carbocycles. The standard InChI is InChI=1S/C27H45O.Pb.H/c1-18(2)7-6-8-19(3)23-11-12-24-22-10-9-20-17-21(28)13-15-26(20,4)25(22)14-16-27(23,24)5;;/h9,15,18-19,21-25,28H,6-8,10-14,16-17H2,1-5H3;;/t19-,21+,22+,23-,24+,25+,26+,27-;;/m1../s1. The zero-order chi connectivity index (χ0) is 21.0. The van der Waals surface area contributed by atoms with E-state index in [4.69, 9.17) is 0 Å². The molecule has 0 heterocycles. The van der Waals surface area contributed by atoms with Crippen LogP contribution in [0.3, 0.4) is 0 Å². The van der Waals surface area contributed by atoms with Gasteiger partial charge >= 0.3 is 183 Å². The molecular formula is C27H46OPb. The van der Waals surface area contributed by atoms with E-state index in [0.717, 1.165) is 77.6 Å². The predicted octanol–water partition coefficient (Wildman–Crippen LogP) is 6.69. The Morgan fingerprint density at radius 2 is 1.86 bits per heavy atom. The third-order valence-corrected chi connectivity index (χ3v) is 14.2. The molecular weight excluding hydrogens is 547 g/mol. The SMILES string of the molecule is CC(C)CCC[C@@H](C)[C@H]1CC[C@H]2[C@@H]3CC=C4C[C@@H](O)C[CH]([PbH])[C@]4(C)[C@H]3CC[C@]12C. The van der Waals surface area contributed by atoms with Crippen LogP contribution in [-0.4, -0.2) is 37.0 Å². The summed E-state index contributed by atoms with van der Waals surface area (Å²) in [4.78, 5) is 0. The van der Waals surface area contributed by atoms with Crippen LogP contribution in [0.5, 0.6) is 0 Å². The van der Waals surface area contributed by atoms with Crippen molar-refractivity contribution in [3.8, 4) is 0 Å². The molecule has 0 aromatic rings. The van der Waals surface area contributed by atoms with E-state index in [9.17, 15) is 5.11 Å². The molecule has 9 atom stereocenters. The quantitative estimate of drug-likeness (QED) is 0.278. The van der Waals surface area contributed by atoms with E-state index in [-0.39, 0.29) is 6.10 Å². The zero-order valence-corrected chi connectivity index (χ0v) is 24.3. The van der Waals surface area contributed by atoms with Gasteiger partial charge in [-0.05, 0) is 0 Å². The van der Waals surface area contributed by atoms with E-state index in [1.165, 1.54) is 51.4 Å². The van der Waals surface area contributed by atoms with Gasteiger partial charge in [-0.25, -0.2) is 0 Å². The zero-order valence-electron chi connectivity index (χ0n) is 19.8. The molecule has 1 unspecified atom stereocenters. The monoisotopic (exact) mass is 594 g/mol. The van der Waals surface area contributed by atoms with E-state index in [1.54, 1.807) is 5.57 Å². The molecule has 1 N–H and O–H groups in total. The Morgan fingerprint density at radius 3 is 2.59 bits per heavy atom. The van der Waals surface area contributed by atoms with Crippen LogP contribution in [0.25, 0.3) is 0 Å². The van der Waals surface area contributed by atoms with Crippen molar-refractivity contribution in [3.05, 3.63) is 11.6 Å². The van der Waals surface area contributed by atoms with Crippen LogP contribution in [0.15, 0.2) is 11.6 Å². The maximum absolute atomic E-state index is 10.4. The van der Waals surface area contributed by atoms with E-state index in [0.29, 0.717) is 10.8 Å². The van der Waals surface area contributed by atoms with Crippen LogP contribution in [0.2, 0.25) is 3.48 Å². The molecule has 0 spiro atoms. The number of aliphatic hydroxyl groups excluding tert-OH is 1. The van der Waals surface area contributed by atoms with Crippen LogP contribution in [-0.2, 0) is 0 Å². The first-order valence-corrected chi connectivity index (χ1v) is 15.4. The molecule has 0 saturated heterocycles. The Hall–Kier alpha value is 0.622. The molecule has 3 fully saturated rings. The molecule has 0 aromatic carbocycles. The Morgan fingerprint density at radius 1 is 1.10 bits per heavy atom. The molecule has 164 valence electrons. The van der Waals surface area contributed by atoms with Gasteiger partial charge in [0.15, 0.2) is 0 Å². The average Bonchev–Trinajstić information content (AvgIpc) is 3.00. The molecule has 2 heteroatoms. The van der Waals surface area contributed by atoms with Gasteiger partial charge in [-0.1, -0.05) is 13.8 Å². The fraction of sp³-hybridized carbons (Fsp3) is 0.926. The summed E-state index contributed by atoms with van der Waals surface area (Å²) in [6.45, 7) is 12.7. The number of fused-ring (bicyclic) bond motifs is 5. The molecule has 0 bridgehead atoms. The first-order chi connectivity index (χ1) is 13.7. The molecule has 0 aromatic heterocycles. The summed E-state index contributed by atoms with van der Waals surface area (Å²) in [7, 11) is 0. The number of hydrogen-bond donors (Lipinski definition) is 1. The average molecular weight is 594 g/mol. The molecule has 2 radical (unpaired) electrons. The van der Waals surface area contributed by atoms with Gasteiger partial charge in [0.25, 0.3) is 0 Å². The second-order valence-corrected chi connectivity index (χ2v) is 15.5. The van der Waals surface area contributed by atoms with Crippen LogP contribution in [0.4, 0.5) is 0 Å². The summed E-state index contributed by atoms with van der Waals surface area (Å²) in [5.41, 5.74) is 2.68. The number of aliphatic hydroxyl groups is 1. The molecule has 1 nitrogen and oxygen atoms in total. The van der Waals surface area contributed by atoms with Gasteiger partial charge in [0.2, 0.25) is 0 Å². The Balaban J connectivity index is 1.52. The van der Waals surface area contributed by atoms with E-state index >= 15 is 0 Å². The molecule has 0 amide bonds. The summed E-state index contributed by atoms with van der Waals surface area (Å²) in [6.07, 6.45) is 16.1. The van der Waals surface area contributed by atoms with Gasteiger partial charge in [0.05, 0.1) is 0 Å². The second-order valence-electron chi connectivity index (χ2n) is 12.4. The second kappa shape index (κ2) is 8.52. The van der Waals surface area contributed by atoms with Gasteiger partial charge < -0.3 is 0 Å². The fourth-order valence-electron chi connectivity index (χ4n) is 8.81. The number of rotatable bonds is 5. The van der Waals surface area contributed by atoms with Crippen molar-refractivity contribution in [3.63, 3.8) is 0 Å². The fourth-order valence-corrected chi connectivity index (χ4v) is 11.8. The van der Waals surface area contributed by atoms with Crippen molar-refractivity contribution >= 4 is 25.8 Å². The first kappa shape index (κ1) is 22.8. The number of allylic oxidation sites excluding steroid dienone is 1. The number of hydrogen-bond acceptors (Lipinski definition) is 1. The van der Waals surface area contributed by atoms with E-state index in [2.05, 4.69) is 40.7 Å². The summed E-state index contributed by atoms with van der Waals surface area (Å²) >= 11 is 0.993. The van der Waals surface area contributed by atoms with E-state index in [1.807, 2.05) is 0 Å². The Kier molecular flexibility index (Phi) is 6.70. The topological polar surface area (TPSA) is 20.2 Å². The van der Waals surface area contributed by atoms with Crippen molar-refractivity contribution in [2.24, 2.45) is 46.3 Å². The molecule has 3 saturated carbocycles. The van der Waals surface area contributed by atoms with Gasteiger partial charge in [-0.2, -0.15) is 0 Å². The minimum absolute atomic E-state index is 0.0581. The normalized spacial score (nSPS) is 47.9. The third kappa shape index (κ3) is 3.85. The van der Waals surface area contributed by atoms with Crippen LogP contribution in [0.1, 0.15) is 98.8 Å². The van der Waals surface area contributed by atoms with Gasteiger partial charge in [0, 0.05) is 0 Å².